The van der Waals surface area contributed by atoms with Crippen LogP contribution < -0.4 is 4.74 Å². The number of benzene rings is 1. The highest BCUT2D eigenvalue weighted by atomic mass is 35.5. The largest absolute Gasteiger partial charge is 0.481 e. The second-order valence-corrected chi connectivity index (χ2v) is 8.34. The van der Waals surface area contributed by atoms with Gasteiger partial charge < -0.3 is 14.4 Å². The number of alkyl halides is 6. The molecule has 0 fully saturated rings. The molecular formula is C23H17ClF6N4O2. The minimum absolute atomic E-state index is 0.0183. The van der Waals surface area contributed by atoms with Gasteiger partial charge in [-0.2, -0.15) is 26.3 Å². The molecule has 0 radical (unpaired) electrons. The fraction of sp³-hybridized carbons (Fsp3) is 0.261. The lowest BCUT2D eigenvalue weighted by Gasteiger charge is -2.30. The monoisotopic (exact) mass is 530 g/mol. The van der Waals surface area contributed by atoms with Crippen LogP contribution in [-0.4, -0.2) is 37.9 Å². The Bertz CT molecular complexity index is 1440. The van der Waals surface area contributed by atoms with Gasteiger partial charge in [-0.1, -0.05) is 17.7 Å². The summed E-state index contributed by atoms with van der Waals surface area (Å²) in [5.41, 5.74) is -3.79. The molecule has 4 aromatic rings. The van der Waals surface area contributed by atoms with Gasteiger partial charge in [0.25, 0.3) is 0 Å². The molecule has 1 aromatic carbocycles. The zero-order valence-corrected chi connectivity index (χ0v) is 19.4. The number of ether oxygens (including phenoxy) is 1. The van der Waals surface area contributed by atoms with E-state index in [2.05, 4.69) is 15.0 Å². The third kappa shape index (κ3) is 4.58. The molecule has 0 amide bonds. The number of aryl methyl sites for hydroxylation is 1. The zero-order chi connectivity index (χ0) is 26.5. The lowest BCUT2D eigenvalue weighted by atomic mass is 9.83. The summed E-state index contributed by atoms with van der Waals surface area (Å²) in [6.07, 6.45) is -7.32. The first-order valence-electron chi connectivity index (χ1n) is 10.2. The number of hydrogen-bond acceptors (Lipinski definition) is 5. The molecule has 1 unspecified atom stereocenters. The summed E-state index contributed by atoms with van der Waals surface area (Å²) in [6.45, 7) is 0. The van der Waals surface area contributed by atoms with Gasteiger partial charge in [-0.05, 0) is 35.4 Å². The average molecular weight is 531 g/mol. The van der Waals surface area contributed by atoms with Crippen LogP contribution in [0.4, 0.5) is 26.3 Å². The summed E-state index contributed by atoms with van der Waals surface area (Å²) in [5, 5.41) is 11.7. The Kier molecular flexibility index (Phi) is 6.38. The SMILES string of the molecule is COc1nc2ccc(C(O)(c3ccnc(C(F)(F)F)c3)c3cncn3C)cc2c(Cl)c1CC(F)(F)F. The van der Waals surface area contributed by atoms with Gasteiger partial charge in [-0.25, -0.2) is 9.97 Å². The predicted octanol–water partition coefficient (Wildman–Crippen LogP) is 5.43. The number of imidazole rings is 1. The maximum Gasteiger partial charge on any atom is 0.433 e. The van der Waals surface area contributed by atoms with Gasteiger partial charge in [0.15, 0.2) is 5.60 Å². The van der Waals surface area contributed by atoms with Gasteiger partial charge in [0.05, 0.1) is 42.3 Å². The number of nitrogens with zero attached hydrogens (tertiary/aromatic N) is 4. The van der Waals surface area contributed by atoms with Crippen molar-refractivity contribution in [3.05, 3.63) is 82.2 Å². The summed E-state index contributed by atoms with van der Waals surface area (Å²) in [7, 11) is 2.68. The molecule has 1 atom stereocenters. The van der Waals surface area contributed by atoms with E-state index in [4.69, 9.17) is 16.3 Å². The summed E-state index contributed by atoms with van der Waals surface area (Å²) < 4.78 is 86.2. The molecule has 6 nitrogen and oxygen atoms in total. The van der Waals surface area contributed by atoms with E-state index < -0.39 is 35.6 Å². The summed E-state index contributed by atoms with van der Waals surface area (Å²) in [4.78, 5) is 11.4. The van der Waals surface area contributed by atoms with Crippen LogP contribution in [0, 0.1) is 0 Å². The summed E-state index contributed by atoms with van der Waals surface area (Å²) >= 11 is 6.36. The maximum absolute atomic E-state index is 13.4. The molecule has 4 rings (SSSR count). The van der Waals surface area contributed by atoms with Crippen molar-refractivity contribution in [2.24, 2.45) is 7.05 Å². The molecule has 190 valence electrons. The van der Waals surface area contributed by atoms with Gasteiger partial charge in [0, 0.05) is 24.2 Å². The first-order valence-corrected chi connectivity index (χ1v) is 10.6. The fourth-order valence-corrected chi connectivity index (χ4v) is 4.27. The lowest BCUT2D eigenvalue weighted by Crippen LogP contribution is -2.31. The maximum atomic E-state index is 13.4. The van der Waals surface area contributed by atoms with Crippen LogP contribution in [0.3, 0.4) is 0 Å². The first kappa shape index (κ1) is 25.7. The Labute approximate surface area is 205 Å². The van der Waals surface area contributed by atoms with Gasteiger partial charge in [0.2, 0.25) is 5.88 Å². The van der Waals surface area contributed by atoms with Crippen molar-refractivity contribution in [3.63, 3.8) is 0 Å². The molecule has 0 aliphatic heterocycles. The van der Waals surface area contributed by atoms with Gasteiger partial charge >= 0.3 is 12.4 Å². The average Bonchev–Trinajstić information content (AvgIpc) is 3.25. The minimum Gasteiger partial charge on any atom is -0.481 e. The van der Waals surface area contributed by atoms with Crippen LogP contribution in [-0.2, 0) is 25.2 Å². The van der Waals surface area contributed by atoms with Crippen LogP contribution >= 0.6 is 11.6 Å². The number of methoxy groups -OCH3 is 1. The predicted molar refractivity (Wildman–Crippen MR) is 118 cm³/mol. The van der Waals surface area contributed by atoms with Crippen molar-refractivity contribution in [2.75, 3.05) is 7.11 Å². The summed E-state index contributed by atoms with van der Waals surface area (Å²) in [6, 6.07) is 5.94. The molecule has 36 heavy (non-hydrogen) atoms. The molecule has 13 heteroatoms. The van der Waals surface area contributed by atoms with E-state index in [0.717, 1.165) is 13.3 Å². The zero-order valence-electron chi connectivity index (χ0n) is 18.6. The van der Waals surface area contributed by atoms with Crippen molar-refractivity contribution in [2.45, 2.75) is 24.4 Å². The smallest absolute Gasteiger partial charge is 0.433 e. The van der Waals surface area contributed by atoms with E-state index in [-0.39, 0.29) is 38.6 Å². The molecule has 0 saturated heterocycles. The number of hydrogen-bond donors (Lipinski definition) is 1. The molecule has 0 aliphatic carbocycles. The topological polar surface area (TPSA) is 73.1 Å². The standard InChI is InChI=1S/C23H17ClF6N4O2/c1-34-11-31-10-18(34)22(35,13-5-6-32-17(8-13)23(28,29)30)12-3-4-16-14(7-12)19(24)15(9-21(25,26)27)20(33-16)36-2/h3-8,10-11,35H,9H2,1-2H3. The minimum atomic E-state index is -4.79. The Morgan fingerprint density at radius 2 is 1.75 bits per heavy atom. The van der Waals surface area contributed by atoms with Gasteiger partial charge in [-0.3, -0.25) is 4.98 Å². The van der Waals surface area contributed by atoms with Crippen molar-refractivity contribution >= 4 is 22.5 Å². The van der Waals surface area contributed by atoms with E-state index in [9.17, 15) is 31.4 Å². The lowest BCUT2D eigenvalue weighted by molar-refractivity contribution is -0.141. The van der Waals surface area contributed by atoms with Gasteiger partial charge in [0.1, 0.15) is 5.69 Å². The third-order valence-corrected chi connectivity index (χ3v) is 6.05. The third-order valence-electron chi connectivity index (χ3n) is 5.62. The van der Waals surface area contributed by atoms with Crippen molar-refractivity contribution in [1.82, 2.24) is 19.5 Å². The number of pyridine rings is 2. The number of aromatic nitrogens is 4. The Balaban J connectivity index is 2.00. The molecule has 0 bridgehead atoms. The van der Waals surface area contributed by atoms with E-state index in [0.29, 0.717) is 6.07 Å². The van der Waals surface area contributed by atoms with Crippen molar-refractivity contribution in [1.29, 1.82) is 0 Å². The number of fused-ring (bicyclic) bond motifs is 1. The van der Waals surface area contributed by atoms with Crippen LogP contribution in [0.5, 0.6) is 5.88 Å². The highest BCUT2D eigenvalue weighted by Gasteiger charge is 2.40. The molecular weight excluding hydrogens is 514 g/mol. The Morgan fingerprint density at radius 3 is 2.33 bits per heavy atom. The van der Waals surface area contributed by atoms with Crippen LogP contribution in [0.1, 0.15) is 28.1 Å². The Hall–Kier alpha value is -3.38. The second kappa shape index (κ2) is 8.93. The first-order chi connectivity index (χ1) is 16.8. The second-order valence-electron chi connectivity index (χ2n) is 7.97. The van der Waals surface area contributed by atoms with Crippen molar-refractivity contribution < 1.29 is 36.2 Å². The molecule has 0 aliphatic rings. The molecule has 1 N–H and O–H groups in total. The fourth-order valence-electron chi connectivity index (χ4n) is 3.97. The van der Waals surface area contributed by atoms with E-state index in [1.165, 1.54) is 48.4 Å². The van der Waals surface area contributed by atoms with Crippen LogP contribution in [0.15, 0.2) is 49.1 Å². The number of rotatable bonds is 5. The highest BCUT2D eigenvalue weighted by molar-refractivity contribution is 6.36. The number of halogens is 7. The van der Waals surface area contributed by atoms with Crippen LogP contribution in [0.25, 0.3) is 10.9 Å². The van der Waals surface area contributed by atoms with E-state index >= 15 is 0 Å². The van der Waals surface area contributed by atoms with Crippen molar-refractivity contribution in [3.8, 4) is 5.88 Å². The quantitative estimate of drug-likeness (QED) is 0.348. The molecule has 3 aromatic heterocycles. The molecule has 0 saturated carbocycles. The normalized spacial score (nSPS) is 14.2. The van der Waals surface area contributed by atoms with Crippen LogP contribution in [0.2, 0.25) is 5.02 Å². The number of aliphatic hydroxyl groups is 1. The van der Waals surface area contributed by atoms with E-state index in [1.807, 2.05) is 0 Å². The van der Waals surface area contributed by atoms with Gasteiger partial charge in [-0.15, -0.1) is 0 Å². The molecule has 0 spiro atoms. The summed E-state index contributed by atoms with van der Waals surface area (Å²) in [5.74, 6) is -0.316. The van der Waals surface area contributed by atoms with E-state index in [1.54, 1.807) is 0 Å². The Morgan fingerprint density at radius 1 is 1.06 bits per heavy atom. The molecule has 3 heterocycles. The highest BCUT2D eigenvalue weighted by Crippen LogP contribution is 2.42.